The third-order valence-electron chi connectivity index (χ3n) is 3.06. The van der Waals surface area contributed by atoms with E-state index < -0.39 is 11.6 Å². The fraction of sp³-hybridized carbons (Fsp3) is 0.312. The minimum absolute atomic E-state index is 0.253. The molecule has 0 spiro atoms. The largest absolute Gasteiger partial charge is 0.383 e. The lowest BCUT2D eigenvalue weighted by Gasteiger charge is -2.18. The van der Waals surface area contributed by atoms with Crippen LogP contribution in [0.4, 0.5) is 14.6 Å². The van der Waals surface area contributed by atoms with Crippen molar-refractivity contribution in [2.75, 3.05) is 5.73 Å². The van der Waals surface area contributed by atoms with Gasteiger partial charge in [0, 0.05) is 17.0 Å². The second kappa shape index (κ2) is 5.21. The van der Waals surface area contributed by atoms with E-state index in [4.69, 9.17) is 12.2 Å². The summed E-state index contributed by atoms with van der Waals surface area (Å²) in [4.78, 5) is 4.46. The smallest absolute Gasteiger partial charge is 0.132 e. The van der Waals surface area contributed by atoms with Gasteiger partial charge in [0.25, 0.3) is 0 Å². The van der Waals surface area contributed by atoms with E-state index in [9.17, 15) is 8.78 Å². The summed E-state index contributed by atoms with van der Waals surface area (Å²) in [6.45, 7) is 6.16. The molecule has 1 aromatic carbocycles. The summed E-state index contributed by atoms with van der Waals surface area (Å²) in [5.41, 5.74) is 6.42. The Morgan fingerprint density at radius 3 is 2.29 bits per heavy atom. The first-order valence-corrected chi connectivity index (χ1v) is 6.50. The van der Waals surface area contributed by atoms with E-state index in [-0.39, 0.29) is 12.0 Å². The zero-order chi connectivity index (χ0) is 15.8. The lowest BCUT2D eigenvalue weighted by molar-refractivity contribution is 0.517. The van der Waals surface area contributed by atoms with Crippen molar-refractivity contribution in [2.45, 2.75) is 32.7 Å². The summed E-state index contributed by atoms with van der Waals surface area (Å²) in [6, 6.07) is 3.21. The average molecular weight is 289 g/mol. The lowest BCUT2D eigenvalue weighted by atomic mass is 9.95. The molecule has 0 saturated carbocycles. The SMILES string of the molecule is C#CCn1c(C(C)(C)C)nc(-c2cc(F)cc(F)c2)c1N. The Morgan fingerprint density at radius 1 is 1.24 bits per heavy atom. The molecule has 5 heteroatoms. The highest BCUT2D eigenvalue weighted by molar-refractivity contribution is 5.71. The van der Waals surface area contributed by atoms with Gasteiger partial charge in [-0.05, 0) is 12.1 Å². The summed E-state index contributed by atoms with van der Waals surface area (Å²) in [7, 11) is 0. The van der Waals surface area contributed by atoms with Crippen LogP contribution in [0, 0.1) is 24.0 Å². The monoisotopic (exact) mass is 289 g/mol. The minimum atomic E-state index is -0.673. The molecule has 0 aliphatic rings. The molecule has 0 aliphatic heterocycles. The molecule has 3 nitrogen and oxygen atoms in total. The Labute approximate surface area is 122 Å². The number of anilines is 1. The van der Waals surface area contributed by atoms with Crippen LogP contribution in [-0.2, 0) is 12.0 Å². The summed E-state index contributed by atoms with van der Waals surface area (Å²) < 4.78 is 28.5. The lowest BCUT2D eigenvalue weighted by Crippen LogP contribution is -2.19. The predicted molar refractivity (Wildman–Crippen MR) is 79.5 cm³/mol. The third kappa shape index (κ3) is 2.89. The van der Waals surface area contributed by atoms with Crippen LogP contribution < -0.4 is 5.73 Å². The number of hydrogen-bond donors (Lipinski definition) is 1. The summed E-state index contributed by atoms with van der Waals surface area (Å²) in [6.07, 6.45) is 5.36. The maximum absolute atomic E-state index is 13.4. The zero-order valence-corrected chi connectivity index (χ0v) is 12.2. The molecule has 21 heavy (non-hydrogen) atoms. The van der Waals surface area contributed by atoms with Crippen molar-refractivity contribution in [3.8, 4) is 23.6 Å². The standard InChI is InChI=1S/C16H17F2N3/c1-5-6-21-14(19)13(20-15(21)16(2,3)4)10-7-11(17)9-12(18)8-10/h1,7-9H,6,19H2,2-4H3. The van der Waals surface area contributed by atoms with Crippen molar-refractivity contribution in [1.82, 2.24) is 9.55 Å². The fourth-order valence-electron chi connectivity index (χ4n) is 2.19. The van der Waals surface area contributed by atoms with E-state index in [1.807, 2.05) is 20.8 Å². The Hall–Kier alpha value is -2.35. The molecular formula is C16H17F2N3. The van der Waals surface area contributed by atoms with Crippen LogP contribution in [0.2, 0.25) is 0 Å². The number of imidazole rings is 1. The number of aromatic nitrogens is 2. The van der Waals surface area contributed by atoms with Crippen molar-refractivity contribution in [2.24, 2.45) is 0 Å². The topological polar surface area (TPSA) is 43.8 Å². The number of rotatable bonds is 2. The maximum atomic E-state index is 13.4. The second-order valence-corrected chi connectivity index (χ2v) is 5.87. The molecule has 0 amide bonds. The molecular weight excluding hydrogens is 272 g/mol. The molecule has 2 N–H and O–H groups in total. The first-order valence-electron chi connectivity index (χ1n) is 6.50. The van der Waals surface area contributed by atoms with Gasteiger partial charge in [0.2, 0.25) is 0 Å². The van der Waals surface area contributed by atoms with Gasteiger partial charge < -0.3 is 10.3 Å². The quantitative estimate of drug-likeness (QED) is 0.862. The summed E-state index contributed by atoms with van der Waals surface area (Å²) in [5, 5.41) is 0. The Bertz CT molecular complexity index is 698. The van der Waals surface area contributed by atoms with Crippen LogP contribution in [0.5, 0.6) is 0 Å². The molecule has 0 radical (unpaired) electrons. The number of hydrogen-bond acceptors (Lipinski definition) is 2. The Kier molecular flexibility index (Phi) is 3.73. The van der Waals surface area contributed by atoms with Gasteiger partial charge in [-0.3, -0.25) is 0 Å². The summed E-state index contributed by atoms with van der Waals surface area (Å²) >= 11 is 0. The van der Waals surface area contributed by atoms with Gasteiger partial charge >= 0.3 is 0 Å². The van der Waals surface area contributed by atoms with Crippen LogP contribution in [0.15, 0.2) is 18.2 Å². The molecule has 0 bridgehead atoms. The number of nitrogen functional groups attached to an aromatic ring is 1. The van der Waals surface area contributed by atoms with Gasteiger partial charge in [0.05, 0.1) is 6.54 Å². The van der Waals surface area contributed by atoms with Gasteiger partial charge in [-0.2, -0.15) is 0 Å². The maximum Gasteiger partial charge on any atom is 0.132 e. The van der Waals surface area contributed by atoms with Crippen LogP contribution in [0.25, 0.3) is 11.3 Å². The summed E-state index contributed by atoms with van der Waals surface area (Å²) in [5.74, 6) is 2.16. The van der Waals surface area contributed by atoms with Crippen LogP contribution in [0.3, 0.4) is 0 Å². The first-order chi connectivity index (χ1) is 9.74. The van der Waals surface area contributed by atoms with E-state index >= 15 is 0 Å². The molecule has 2 aromatic rings. The third-order valence-corrected chi connectivity index (χ3v) is 3.06. The molecule has 0 atom stereocenters. The van der Waals surface area contributed by atoms with Crippen LogP contribution in [-0.4, -0.2) is 9.55 Å². The highest BCUT2D eigenvalue weighted by Gasteiger charge is 2.25. The number of benzene rings is 1. The second-order valence-electron chi connectivity index (χ2n) is 5.87. The van der Waals surface area contributed by atoms with E-state index in [2.05, 4.69) is 10.9 Å². The number of halogens is 2. The molecule has 0 unspecified atom stereocenters. The molecule has 0 saturated heterocycles. The highest BCUT2D eigenvalue weighted by Crippen LogP contribution is 2.32. The molecule has 1 aromatic heterocycles. The molecule has 1 heterocycles. The van der Waals surface area contributed by atoms with Gasteiger partial charge in [-0.1, -0.05) is 26.7 Å². The van der Waals surface area contributed by atoms with Crippen molar-refractivity contribution < 1.29 is 8.78 Å². The molecule has 0 fully saturated rings. The normalized spacial score (nSPS) is 11.4. The molecule has 110 valence electrons. The first kappa shape index (κ1) is 15.0. The van der Waals surface area contributed by atoms with E-state index in [1.54, 1.807) is 4.57 Å². The highest BCUT2D eigenvalue weighted by atomic mass is 19.1. The molecule has 0 aliphatic carbocycles. The van der Waals surface area contributed by atoms with E-state index in [0.717, 1.165) is 6.07 Å². The van der Waals surface area contributed by atoms with Crippen molar-refractivity contribution >= 4 is 5.82 Å². The minimum Gasteiger partial charge on any atom is -0.383 e. The van der Waals surface area contributed by atoms with Gasteiger partial charge in [-0.15, -0.1) is 6.42 Å². The molecule has 2 rings (SSSR count). The van der Waals surface area contributed by atoms with Crippen LogP contribution >= 0.6 is 0 Å². The van der Waals surface area contributed by atoms with Gasteiger partial charge in [0.1, 0.15) is 29.0 Å². The number of terminal acetylenes is 1. The Morgan fingerprint density at radius 2 is 1.81 bits per heavy atom. The van der Waals surface area contributed by atoms with E-state index in [1.165, 1.54) is 12.1 Å². The zero-order valence-electron chi connectivity index (χ0n) is 12.2. The van der Waals surface area contributed by atoms with Crippen molar-refractivity contribution in [3.63, 3.8) is 0 Å². The van der Waals surface area contributed by atoms with Crippen LogP contribution in [0.1, 0.15) is 26.6 Å². The average Bonchev–Trinajstić information content (AvgIpc) is 2.66. The van der Waals surface area contributed by atoms with Gasteiger partial charge in [0.15, 0.2) is 0 Å². The van der Waals surface area contributed by atoms with Crippen molar-refractivity contribution in [3.05, 3.63) is 35.7 Å². The van der Waals surface area contributed by atoms with Gasteiger partial charge in [-0.25, -0.2) is 13.8 Å². The number of nitrogens with two attached hydrogens (primary N) is 1. The predicted octanol–water partition coefficient (Wildman–Crippen LogP) is 3.34. The fourth-order valence-corrected chi connectivity index (χ4v) is 2.19. The number of nitrogens with zero attached hydrogens (tertiary/aromatic N) is 2. The van der Waals surface area contributed by atoms with Crippen molar-refractivity contribution in [1.29, 1.82) is 0 Å². The Balaban J connectivity index is 2.68. The van der Waals surface area contributed by atoms with E-state index in [0.29, 0.717) is 22.9 Å².